The van der Waals surface area contributed by atoms with Crippen LogP contribution < -0.4 is 10.4 Å². The Labute approximate surface area is 68.0 Å². The van der Waals surface area contributed by atoms with Gasteiger partial charge in [-0.2, -0.15) is 0 Å². The quantitative estimate of drug-likeness (QED) is 0.589. The van der Waals surface area contributed by atoms with Crippen LogP contribution in [-0.4, -0.2) is 0 Å². The number of rotatable bonds is 0. The zero-order valence-corrected chi connectivity index (χ0v) is 7.13. The molecule has 0 aliphatic rings. The summed E-state index contributed by atoms with van der Waals surface area (Å²) in [6, 6.07) is 8.06. The van der Waals surface area contributed by atoms with Crippen molar-refractivity contribution in [2.75, 3.05) is 0 Å². The summed E-state index contributed by atoms with van der Waals surface area (Å²) in [7, 11) is 0. The standard InChI is InChI=1S/C8H7I/c1-7-4-2-3-5-8(7)6-9/h2-6H,1H2. The van der Waals surface area contributed by atoms with Crippen molar-refractivity contribution >= 4 is 33.3 Å². The maximum atomic E-state index is 3.86. The summed E-state index contributed by atoms with van der Waals surface area (Å²) in [5.74, 6) is 0. The molecule has 0 heterocycles. The molecular formula is C8H7I. The summed E-state index contributed by atoms with van der Waals surface area (Å²) in [6.45, 7) is 3.86. The lowest BCUT2D eigenvalue weighted by Gasteiger charge is -1.82. The third-order valence-corrected chi connectivity index (χ3v) is 1.84. The van der Waals surface area contributed by atoms with Gasteiger partial charge in [0.2, 0.25) is 0 Å². The van der Waals surface area contributed by atoms with Gasteiger partial charge in [0.25, 0.3) is 0 Å². The lowest BCUT2D eigenvalue weighted by molar-refractivity contribution is 1.55. The molecule has 1 aromatic rings. The van der Waals surface area contributed by atoms with Crippen LogP contribution in [-0.2, 0) is 0 Å². The molecule has 0 saturated carbocycles. The highest BCUT2D eigenvalue weighted by molar-refractivity contribution is 14.1. The van der Waals surface area contributed by atoms with E-state index < -0.39 is 0 Å². The Hall–Kier alpha value is -0.310. The molecule has 1 aromatic carbocycles. The van der Waals surface area contributed by atoms with Crippen molar-refractivity contribution < 1.29 is 0 Å². The predicted molar refractivity (Wildman–Crippen MR) is 49.7 cm³/mol. The van der Waals surface area contributed by atoms with Gasteiger partial charge < -0.3 is 0 Å². The van der Waals surface area contributed by atoms with E-state index in [1.165, 1.54) is 5.22 Å². The van der Waals surface area contributed by atoms with Gasteiger partial charge in [0.05, 0.1) is 0 Å². The molecule has 0 amide bonds. The zero-order chi connectivity index (χ0) is 6.69. The second-order valence-corrected chi connectivity index (χ2v) is 2.43. The third-order valence-electron chi connectivity index (χ3n) is 1.17. The van der Waals surface area contributed by atoms with Gasteiger partial charge >= 0.3 is 0 Å². The molecule has 0 unspecified atom stereocenters. The summed E-state index contributed by atoms with van der Waals surface area (Å²) in [5, 5.41) is 2.30. The normalized spacial score (nSPS) is 11.9. The van der Waals surface area contributed by atoms with Crippen LogP contribution in [0.3, 0.4) is 0 Å². The smallest absolute Gasteiger partial charge is 0.0129 e. The zero-order valence-electron chi connectivity index (χ0n) is 4.97. The van der Waals surface area contributed by atoms with E-state index in [-0.39, 0.29) is 0 Å². The van der Waals surface area contributed by atoms with Crippen LogP contribution in [0, 0.1) is 0 Å². The van der Waals surface area contributed by atoms with Gasteiger partial charge in [-0.1, -0.05) is 53.4 Å². The summed E-state index contributed by atoms with van der Waals surface area (Å²) in [5.41, 5.74) is 0. The molecule has 1 rings (SSSR count). The van der Waals surface area contributed by atoms with Crippen molar-refractivity contribution in [3.63, 3.8) is 0 Å². The Morgan fingerprint density at radius 2 is 2.00 bits per heavy atom. The Morgan fingerprint density at radius 3 is 2.44 bits per heavy atom. The molecule has 46 valence electrons. The fourth-order valence-electron chi connectivity index (χ4n) is 0.641. The number of benzene rings is 1. The average molecular weight is 230 g/mol. The van der Waals surface area contributed by atoms with Gasteiger partial charge in [-0.25, -0.2) is 0 Å². The molecule has 0 spiro atoms. The van der Waals surface area contributed by atoms with E-state index in [0.717, 1.165) is 5.22 Å². The monoisotopic (exact) mass is 230 g/mol. The Bertz CT molecular complexity index is 288. The van der Waals surface area contributed by atoms with Gasteiger partial charge in [-0.05, 0) is 14.5 Å². The highest BCUT2D eigenvalue weighted by Crippen LogP contribution is 1.78. The average Bonchev–Trinajstić information content (AvgIpc) is 1.89. The van der Waals surface area contributed by atoms with Gasteiger partial charge in [0.1, 0.15) is 0 Å². The molecule has 0 nitrogen and oxygen atoms in total. The van der Waals surface area contributed by atoms with Crippen molar-refractivity contribution in [1.82, 2.24) is 0 Å². The first-order chi connectivity index (χ1) is 4.34. The Kier molecular flexibility index (Phi) is 2.28. The molecule has 0 N–H and O–H groups in total. The maximum absolute atomic E-state index is 3.86. The van der Waals surface area contributed by atoms with Crippen molar-refractivity contribution in [1.29, 1.82) is 0 Å². The fraction of sp³-hybridized carbons (Fsp3) is 0. The van der Waals surface area contributed by atoms with Crippen LogP contribution in [0.2, 0.25) is 0 Å². The SMILES string of the molecule is C=c1ccccc1=CI. The Balaban J connectivity index is 3.53. The second-order valence-electron chi connectivity index (χ2n) is 1.81. The van der Waals surface area contributed by atoms with Gasteiger partial charge in [0.15, 0.2) is 0 Å². The topological polar surface area (TPSA) is 0 Å². The number of hydrogen-bond acceptors (Lipinski definition) is 0. The minimum absolute atomic E-state index is 1.09. The molecule has 9 heavy (non-hydrogen) atoms. The summed E-state index contributed by atoms with van der Waals surface area (Å²) in [6.07, 6.45) is 0. The first-order valence-corrected chi connectivity index (χ1v) is 3.93. The summed E-state index contributed by atoms with van der Waals surface area (Å²) < 4.78 is 2.03. The molecule has 0 aromatic heterocycles. The van der Waals surface area contributed by atoms with E-state index in [4.69, 9.17) is 0 Å². The van der Waals surface area contributed by atoms with Crippen molar-refractivity contribution in [3.05, 3.63) is 34.7 Å². The second kappa shape index (κ2) is 3.01. The van der Waals surface area contributed by atoms with Crippen LogP contribution >= 0.6 is 22.6 Å². The molecule has 0 atom stereocenters. The lowest BCUT2D eigenvalue weighted by Crippen LogP contribution is -2.20. The number of hydrogen-bond donors (Lipinski definition) is 0. The highest BCUT2D eigenvalue weighted by Gasteiger charge is 1.75. The van der Waals surface area contributed by atoms with Crippen LogP contribution in [0.5, 0.6) is 0 Å². The minimum atomic E-state index is 1.09. The molecular weight excluding hydrogens is 223 g/mol. The molecule has 0 aliphatic heterocycles. The van der Waals surface area contributed by atoms with E-state index in [1.54, 1.807) is 0 Å². The summed E-state index contributed by atoms with van der Waals surface area (Å²) >= 11 is 2.21. The third kappa shape index (κ3) is 1.55. The molecule has 0 radical (unpaired) electrons. The van der Waals surface area contributed by atoms with Crippen LogP contribution in [0.1, 0.15) is 0 Å². The van der Waals surface area contributed by atoms with Gasteiger partial charge in [0, 0.05) is 0 Å². The highest BCUT2D eigenvalue weighted by atomic mass is 127. The van der Waals surface area contributed by atoms with Crippen LogP contribution in [0.15, 0.2) is 24.3 Å². The first kappa shape index (κ1) is 6.81. The van der Waals surface area contributed by atoms with E-state index in [0.29, 0.717) is 0 Å². The van der Waals surface area contributed by atoms with Crippen LogP contribution in [0.4, 0.5) is 0 Å². The van der Waals surface area contributed by atoms with E-state index in [1.807, 2.05) is 22.3 Å². The van der Waals surface area contributed by atoms with E-state index in [9.17, 15) is 0 Å². The predicted octanol–water partition coefficient (Wildman–Crippen LogP) is 1.27. The fourth-order valence-corrected chi connectivity index (χ4v) is 1.25. The lowest BCUT2D eigenvalue weighted by atomic mass is 10.3. The number of halogens is 1. The summed E-state index contributed by atoms with van der Waals surface area (Å²) in [4.78, 5) is 0. The first-order valence-electron chi connectivity index (χ1n) is 2.69. The van der Waals surface area contributed by atoms with Crippen molar-refractivity contribution in [2.45, 2.75) is 0 Å². The van der Waals surface area contributed by atoms with Crippen molar-refractivity contribution in [3.8, 4) is 0 Å². The van der Waals surface area contributed by atoms with E-state index >= 15 is 0 Å². The van der Waals surface area contributed by atoms with Crippen molar-refractivity contribution in [2.24, 2.45) is 0 Å². The van der Waals surface area contributed by atoms with E-state index in [2.05, 4.69) is 35.2 Å². The largest absolute Gasteiger partial charge is 0.0911 e. The van der Waals surface area contributed by atoms with Gasteiger partial charge in [-0.3, -0.25) is 0 Å². The molecule has 0 saturated heterocycles. The molecule has 0 aliphatic carbocycles. The molecule has 0 fully saturated rings. The maximum Gasteiger partial charge on any atom is -0.0129 e. The van der Waals surface area contributed by atoms with Gasteiger partial charge in [-0.15, -0.1) is 0 Å². The molecule has 1 heteroatoms. The molecule has 0 bridgehead atoms. The Morgan fingerprint density at radius 1 is 1.33 bits per heavy atom. The van der Waals surface area contributed by atoms with Crippen LogP contribution in [0.25, 0.3) is 10.7 Å². The minimum Gasteiger partial charge on any atom is -0.0911 e.